The van der Waals surface area contributed by atoms with E-state index in [1.54, 1.807) is 12.3 Å². The topological polar surface area (TPSA) is 71.2 Å². The number of carbonyl (C=O) groups excluding carboxylic acids is 1. The van der Waals surface area contributed by atoms with Crippen LogP contribution in [0.1, 0.15) is 23.7 Å². The molecule has 1 unspecified atom stereocenters. The van der Waals surface area contributed by atoms with Crippen LogP contribution in [0.4, 0.5) is 5.82 Å². The largest absolute Gasteiger partial charge is 0.363 e. The van der Waals surface area contributed by atoms with E-state index in [0.29, 0.717) is 12.1 Å². The van der Waals surface area contributed by atoms with Crippen molar-refractivity contribution in [3.8, 4) is 0 Å². The highest BCUT2D eigenvalue weighted by atomic mass is 35.5. The second kappa shape index (κ2) is 9.83. The molecule has 0 bridgehead atoms. The van der Waals surface area contributed by atoms with Crippen LogP contribution in [0.5, 0.6) is 0 Å². The summed E-state index contributed by atoms with van der Waals surface area (Å²) in [4.78, 5) is 17.8. The van der Waals surface area contributed by atoms with E-state index in [4.69, 9.17) is 5.73 Å². The molecular weight excluding hydrogens is 287 g/mol. The summed E-state index contributed by atoms with van der Waals surface area (Å²) in [5.41, 5.74) is 6.17. The summed E-state index contributed by atoms with van der Waals surface area (Å²) in [5.74, 6) is 0.723. The van der Waals surface area contributed by atoms with E-state index in [9.17, 15) is 4.79 Å². The zero-order chi connectivity index (χ0) is 12.8. The number of halogens is 2. The van der Waals surface area contributed by atoms with E-state index >= 15 is 0 Å². The summed E-state index contributed by atoms with van der Waals surface area (Å²) >= 11 is 0. The van der Waals surface area contributed by atoms with Gasteiger partial charge in [-0.3, -0.25) is 4.79 Å². The second-order valence-electron chi connectivity index (χ2n) is 4.32. The Morgan fingerprint density at radius 1 is 1.42 bits per heavy atom. The smallest absolute Gasteiger partial charge is 0.252 e. The lowest BCUT2D eigenvalue weighted by Crippen LogP contribution is -2.29. The molecule has 0 aromatic carbocycles. The van der Waals surface area contributed by atoms with Gasteiger partial charge >= 0.3 is 0 Å². The Labute approximate surface area is 126 Å². The van der Waals surface area contributed by atoms with Crippen LogP contribution >= 0.6 is 24.8 Å². The van der Waals surface area contributed by atoms with Crippen LogP contribution in [-0.2, 0) is 0 Å². The molecular formula is C12H22Cl2N4O. The van der Waals surface area contributed by atoms with Gasteiger partial charge in [-0.1, -0.05) is 0 Å². The summed E-state index contributed by atoms with van der Waals surface area (Å²) in [5, 5.41) is 2.81. The molecule has 7 heteroatoms. The number of hydrogen-bond donors (Lipinski definition) is 2. The first kappa shape index (κ1) is 20.3. The average molecular weight is 309 g/mol. The minimum atomic E-state index is -0.108. The Morgan fingerprint density at radius 3 is 2.47 bits per heavy atom. The van der Waals surface area contributed by atoms with Gasteiger partial charge in [-0.15, -0.1) is 24.8 Å². The van der Waals surface area contributed by atoms with E-state index in [1.165, 1.54) is 0 Å². The summed E-state index contributed by atoms with van der Waals surface area (Å²) in [6.45, 7) is 2.51. The molecule has 19 heavy (non-hydrogen) atoms. The van der Waals surface area contributed by atoms with Crippen molar-refractivity contribution in [2.24, 2.45) is 5.73 Å². The van der Waals surface area contributed by atoms with Crippen molar-refractivity contribution < 1.29 is 4.79 Å². The Bertz CT molecular complexity index is 368. The molecule has 1 heterocycles. The molecule has 0 aliphatic heterocycles. The molecule has 1 aromatic rings. The minimum absolute atomic E-state index is 0. The highest BCUT2D eigenvalue weighted by Gasteiger charge is 2.06. The van der Waals surface area contributed by atoms with E-state index in [-0.39, 0.29) is 36.8 Å². The Kier molecular flexibility index (Phi) is 10.5. The summed E-state index contributed by atoms with van der Waals surface area (Å²) in [7, 11) is 3.81. The number of nitrogens with zero attached hydrogens (tertiary/aromatic N) is 2. The third kappa shape index (κ3) is 7.20. The number of anilines is 1. The van der Waals surface area contributed by atoms with Gasteiger partial charge in [0.05, 0.1) is 5.56 Å². The predicted octanol–water partition coefficient (Wildman–Crippen LogP) is 1.46. The monoisotopic (exact) mass is 308 g/mol. The fraction of sp³-hybridized carbons (Fsp3) is 0.500. The summed E-state index contributed by atoms with van der Waals surface area (Å²) < 4.78 is 0. The molecule has 0 saturated heterocycles. The molecule has 0 fully saturated rings. The molecule has 1 rings (SSSR count). The molecule has 110 valence electrons. The number of nitrogens with one attached hydrogen (secondary N) is 1. The van der Waals surface area contributed by atoms with Crippen molar-refractivity contribution in [3.05, 3.63) is 23.9 Å². The molecule has 0 aliphatic rings. The number of rotatable bonds is 5. The van der Waals surface area contributed by atoms with Crippen molar-refractivity contribution >= 4 is 36.5 Å². The van der Waals surface area contributed by atoms with Crippen molar-refractivity contribution in [2.45, 2.75) is 19.4 Å². The van der Waals surface area contributed by atoms with E-state index in [1.807, 2.05) is 32.0 Å². The maximum Gasteiger partial charge on any atom is 0.252 e. The number of amides is 1. The standard InChI is InChI=1S/C12H20N4O.2ClH/c1-9(13)6-7-14-12(17)10-4-5-11(15-8-10)16(2)3;;/h4-5,8-9H,6-7,13H2,1-3H3,(H,14,17);2*1H. The lowest BCUT2D eigenvalue weighted by molar-refractivity contribution is 0.0952. The van der Waals surface area contributed by atoms with Gasteiger partial charge < -0.3 is 16.0 Å². The van der Waals surface area contributed by atoms with Gasteiger partial charge in [0.15, 0.2) is 0 Å². The van der Waals surface area contributed by atoms with Crippen LogP contribution < -0.4 is 16.0 Å². The fourth-order valence-corrected chi connectivity index (χ4v) is 1.30. The first-order valence-corrected chi connectivity index (χ1v) is 5.68. The number of pyridine rings is 1. The van der Waals surface area contributed by atoms with Crippen molar-refractivity contribution in [1.29, 1.82) is 0 Å². The average Bonchev–Trinajstić information content (AvgIpc) is 2.28. The van der Waals surface area contributed by atoms with E-state index in [2.05, 4.69) is 10.3 Å². The Balaban J connectivity index is 0. The molecule has 3 N–H and O–H groups in total. The van der Waals surface area contributed by atoms with Gasteiger partial charge in [0.1, 0.15) is 5.82 Å². The number of carbonyl (C=O) groups is 1. The van der Waals surface area contributed by atoms with E-state index < -0.39 is 0 Å². The number of aromatic nitrogens is 1. The lowest BCUT2D eigenvalue weighted by atomic mass is 10.2. The van der Waals surface area contributed by atoms with Gasteiger partial charge in [-0.25, -0.2) is 4.98 Å². The first-order chi connectivity index (χ1) is 8.00. The minimum Gasteiger partial charge on any atom is -0.363 e. The van der Waals surface area contributed by atoms with E-state index in [0.717, 1.165) is 12.2 Å². The van der Waals surface area contributed by atoms with Crippen LogP contribution in [0.25, 0.3) is 0 Å². The highest BCUT2D eigenvalue weighted by molar-refractivity contribution is 5.94. The van der Waals surface area contributed by atoms with Crippen molar-refractivity contribution in [3.63, 3.8) is 0 Å². The van der Waals surface area contributed by atoms with Gasteiger partial charge in [0.25, 0.3) is 5.91 Å². The first-order valence-electron chi connectivity index (χ1n) is 5.68. The lowest BCUT2D eigenvalue weighted by Gasteiger charge is -2.11. The van der Waals surface area contributed by atoms with Crippen LogP contribution in [0.2, 0.25) is 0 Å². The molecule has 0 aliphatic carbocycles. The molecule has 1 atom stereocenters. The van der Waals surface area contributed by atoms with Crippen molar-refractivity contribution in [1.82, 2.24) is 10.3 Å². The van der Waals surface area contributed by atoms with Crippen LogP contribution in [0.3, 0.4) is 0 Å². The Hall–Kier alpha value is -1.04. The third-order valence-electron chi connectivity index (χ3n) is 2.35. The van der Waals surface area contributed by atoms with Crippen LogP contribution in [0, 0.1) is 0 Å². The summed E-state index contributed by atoms with van der Waals surface area (Å²) in [6.07, 6.45) is 2.35. The van der Waals surface area contributed by atoms with Crippen LogP contribution in [0.15, 0.2) is 18.3 Å². The molecule has 5 nitrogen and oxygen atoms in total. The second-order valence-corrected chi connectivity index (χ2v) is 4.32. The predicted molar refractivity (Wildman–Crippen MR) is 83.7 cm³/mol. The molecule has 1 amide bonds. The highest BCUT2D eigenvalue weighted by Crippen LogP contribution is 2.07. The van der Waals surface area contributed by atoms with Crippen molar-refractivity contribution in [2.75, 3.05) is 25.5 Å². The van der Waals surface area contributed by atoms with Gasteiger partial charge in [0, 0.05) is 32.9 Å². The maximum absolute atomic E-state index is 11.7. The SMILES string of the molecule is CC(N)CCNC(=O)c1ccc(N(C)C)nc1.Cl.Cl. The third-order valence-corrected chi connectivity index (χ3v) is 2.35. The fourth-order valence-electron chi connectivity index (χ4n) is 1.30. The summed E-state index contributed by atoms with van der Waals surface area (Å²) in [6, 6.07) is 3.69. The molecule has 0 saturated carbocycles. The van der Waals surface area contributed by atoms with Gasteiger partial charge in [-0.05, 0) is 25.5 Å². The zero-order valence-corrected chi connectivity index (χ0v) is 13.1. The van der Waals surface area contributed by atoms with Crippen LogP contribution in [-0.4, -0.2) is 37.6 Å². The van der Waals surface area contributed by atoms with Gasteiger partial charge in [-0.2, -0.15) is 0 Å². The molecule has 0 spiro atoms. The quantitative estimate of drug-likeness (QED) is 0.864. The number of hydrogen-bond acceptors (Lipinski definition) is 4. The van der Waals surface area contributed by atoms with Gasteiger partial charge in [0.2, 0.25) is 0 Å². The maximum atomic E-state index is 11.7. The normalized spacial score (nSPS) is 10.7. The molecule has 1 aromatic heterocycles. The Morgan fingerprint density at radius 2 is 2.05 bits per heavy atom. The number of nitrogens with two attached hydrogens (primary N) is 1. The molecule has 0 radical (unpaired) electrons. The zero-order valence-electron chi connectivity index (χ0n) is 11.4.